The second-order valence-electron chi connectivity index (χ2n) is 9.03. The smallest absolute Gasteiger partial charge is 0.269 e. The van der Waals surface area contributed by atoms with E-state index in [1.807, 2.05) is 6.07 Å². The maximum Gasteiger partial charge on any atom is 0.269 e. The van der Waals surface area contributed by atoms with E-state index in [0.717, 1.165) is 29.7 Å². The molecule has 4 bridgehead atoms. The van der Waals surface area contributed by atoms with E-state index < -0.39 is 0 Å². The van der Waals surface area contributed by atoms with Gasteiger partial charge in [0.25, 0.3) is 5.91 Å². The van der Waals surface area contributed by atoms with E-state index in [4.69, 9.17) is 4.98 Å². The number of nitrogens with one attached hydrogen (secondary N) is 1. The summed E-state index contributed by atoms with van der Waals surface area (Å²) in [7, 11) is 0. The fourth-order valence-electron chi connectivity index (χ4n) is 6.50. The first-order valence-electron chi connectivity index (χ1n) is 10.4. The number of amides is 1. The van der Waals surface area contributed by atoms with Crippen LogP contribution in [-0.4, -0.2) is 17.4 Å². The molecule has 0 radical (unpaired) electrons. The zero-order valence-electron chi connectivity index (χ0n) is 15.6. The van der Waals surface area contributed by atoms with Crippen LogP contribution in [0.2, 0.25) is 0 Å². The topological polar surface area (TPSA) is 42.0 Å². The first-order valence-corrected chi connectivity index (χ1v) is 10.4. The highest BCUT2D eigenvalue weighted by Crippen LogP contribution is 2.61. The van der Waals surface area contributed by atoms with Crippen LogP contribution in [0.4, 0.5) is 0 Å². The van der Waals surface area contributed by atoms with Crippen LogP contribution >= 0.6 is 0 Å². The average Bonchev–Trinajstić information content (AvgIpc) is 2.64. The average molecular weight is 348 g/mol. The van der Waals surface area contributed by atoms with Gasteiger partial charge in [-0.15, -0.1) is 0 Å². The molecule has 4 fully saturated rings. The zero-order valence-corrected chi connectivity index (χ0v) is 15.6. The number of carbonyl (C=O) groups excluding carboxylic acids is 1. The Balaban J connectivity index is 1.63. The van der Waals surface area contributed by atoms with Gasteiger partial charge >= 0.3 is 0 Å². The Morgan fingerprint density at radius 2 is 1.77 bits per heavy atom. The molecule has 3 nitrogen and oxygen atoms in total. The minimum atomic E-state index is -0.0245. The third-order valence-corrected chi connectivity index (χ3v) is 7.09. The number of fused-ring (bicyclic) bond motifs is 1. The van der Waals surface area contributed by atoms with Gasteiger partial charge in [0.2, 0.25) is 0 Å². The molecule has 0 atom stereocenters. The van der Waals surface area contributed by atoms with Crippen LogP contribution in [0.1, 0.15) is 67.9 Å². The largest absolute Gasteiger partial charge is 0.351 e. The van der Waals surface area contributed by atoms with Gasteiger partial charge < -0.3 is 5.32 Å². The molecule has 6 rings (SSSR count). The van der Waals surface area contributed by atoms with Crippen molar-refractivity contribution >= 4 is 16.8 Å². The molecule has 4 aliphatic rings. The summed E-state index contributed by atoms with van der Waals surface area (Å²) in [5.74, 6) is 2.66. The van der Waals surface area contributed by atoms with Crippen LogP contribution in [0.3, 0.4) is 0 Å². The summed E-state index contributed by atoms with van der Waals surface area (Å²) >= 11 is 0. The zero-order chi connectivity index (χ0) is 17.7. The molecule has 1 amide bonds. The number of carbonyl (C=O) groups is 1. The predicted octanol–water partition coefficient (Wildman–Crippen LogP) is 4.84. The molecule has 0 spiro atoms. The van der Waals surface area contributed by atoms with Crippen LogP contribution in [0.5, 0.6) is 0 Å². The van der Waals surface area contributed by atoms with Crippen LogP contribution in [0, 0.1) is 17.8 Å². The standard InChI is InChI=1S/C23H28N2O/c1-2-7-24-22(26)21-11-19(18-5-3-4-6-20(18)25-21)23-12-15-8-16(13-23)10-17(9-15)14-23/h3-6,11,15-17H,2,7-10,12-14H2,1H3,(H,24,26). The van der Waals surface area contributed by atoms with Gasteiger partial charge in [-0.05, 0) is 85.8 Å². The lowest BCUT2D eigenvalue weighted by atomic mass is 9.48. The minimum Gasteiger partial charge on any atom is -0.351 e. The molecular formula is C23H28N2O. The lowest BCUT2D eigenvalue weighted by Crippen LogP contribution is -2.48. The van der Waals surface area contributed by atoms with E-state index in [-0.39, 0.29) is 11.3 Å². The first-order chi connectivity index (χ1) is 12.7. The van der Waals surface area contributed by atoms with Crippen molar-refractivity contribution in [3.8, 4) is 0 Å². The highest BCUT2D eigenvalue weighted by atomic mass is 16.1. The van der Waals surface area contributed by atoms with Gasteiger partial charge in [0, 0.05) is 11.9 Å². The monoisotopic (exact) mass is 348 g/mol. The summed E-state index contributed by atoms with van der Waals surface area (Å²) < 4.78 is 0. The van der Waals surface area contributed by atoms with Gasteiger partial charge in [0.15, 0.2) is 0 Å². The number of aromatic nitrogens is 1. The van der Waals surface area contributed by atoms with Gasteiger partial charge in [-0.1, -0.05) is 25.1 Å². The number of nitrogens with zero attached hydrogens (tertiary/aromatic N) is 1. The lowest BCUT2D eigenvalue weighted by molar-refractivity contribution is -0.00453. The van der Waals surface area contributed by atoms with Crippen molar-refractivity contribution in [2.24, 2.45) is 17.8 Å². The number of pyridine rings is 1. The molecule has 1 aromatic heterocycles. The normalized spacial score (nSPS) is 32.1. The van der Waals surface area contributed by atoms with Crippen molar-refractivity contribution in [3.63, 3.8) is 0 Å². The van der Waals surface area contributed by atoms with Gasteiger partial charge in [-0.3, -0.25) is 4.79 Å². The third kappa shape index (κ3) is 2.55. The van der Waals surface area contributed by atoms with E-state index in [1.165, 1.54) is 49.5 Å². The quantitative estimate of drug-likeness (QED) is 0.859. The van der Waals surface area contributed by atoms with Crippen LogP contribution in [-0.2, 0) is 5.41 Å². The maximum atomic E-state index is 12.7. The van der Waals surface area contributed by atoms with E-state index >= 15 is 0 Å². The van der Waals surface area contributed by atoms with Crippen molar-refractivity contribution in [1.29, 1.82) is 0 Å². The van der Waals surface area contributed by atoms with E-state index in [0.29, 0.717) is 12.2 Å². The number of hydrogen-bond acceptors (Lipinski definition) is 2. The molecule has 26 heavy (non-hydrogen) atoms. The molecule has 136 valence electrons. The molecule has 1 heterocycles. The third-order valence-electron chi connectivity index (χ3n) is 7.09. The van der Waals surface area contributed by atoms with E-state index in [9.17, 15) is 4.79 Å². The second-order valence-corrected chi connectivity index (χ2v) is 9.03. The Morgan fingerprint density at radius 3 is 2.42 bits per heavy atom. The van der Waals surface area contributed by atoms with Gasteiger partial charge in [-0.2, -0.15) is 0 Å². The molecule has 4 aliphatic carbocycles. The van der Waals surface area contributed by atoms with Gasteiger partial charge in [-0.25, -0.2) is 4.98 Å². The minimum absolute atomic E-state index is 0.0245. The Kier molecular flexibility index (Phi) is 3.80. The Bertz CT molecular complexity index is 821. The van der Waals surface area contributed by atoms with E-state index in [1.54, 1.807) is 0 Å². The highest BCUT2D eigenvalue weighted by Gasteiger charge is 2.52. The molecule has 4 saturated carbocycles. The van der Waals surface area contributed by atoms with Crippen LogP contribution < -0.4 is 5.32 Å². The molecule has 1 aromatic carbocycles. The molecule has 0 aliphatic heterocycles. The fraction of sp³-hybridized carbons (Fsp3) is 0.565. The molecule has 0 unspecified atom stereocenters. The Hall–Kier alpha value is -1.90. The Morgan fingerprint density at radius 1 is 1.12 bits per heavy atom. The maximum absolute atomic E-state index is 12.7. The van der Waals surface area contributed by atoms with Crippen molar-refractivity contribution in [2.75, 3.05) is 6.54 Å². The fourth-order valence-corrected chi connectivity index (χ4v) is 6.50. The van der Waals surface area contributed by atoms with Crippen molar-refractivity contribution in [2.45, 2.75) is 57.3 Å². The summed E-state index contributed by atoms with van der Waals surface area (Å²) in [4.78, 5) is 17.4. The SMILES string of the molecule is CCCNC(=O)c1cc(C23CC4CC(CC(C4)C2)C3)c2ccccc2n1. The number of hydrogen-bond donors (Lipinski definition) is 1. The first kappa shape index (κ1) is 16.3. The molecule has 1 N–H and O–H groups in total. The summed E-state index contributed by atoms with van der Waals surface area (Å²) in [6.07, 6.45) is 9.18. The lowest BCUT2D eigenvalue weighted by Gasteiger charge is -2.57. The Labute approximate surface area is 155 Å². The number of para-hydroxylation sites is 1. The second kappa shape index (κ2) is 6.07. The summed E-state index contributed by atoms with van der Waals surface area (Å²) in [6, 6.07) is 10.6. The summed E-state index contributed by atoms with van der Waals surface area (Å²) in [5, 5.41) is 4.28. The van der Waals surface area contributed by atoms with E-state index in [2.05, 4.69) is 36.5 Å². The van der Waals surface area contributed by atoms with Crippen molar-refractivity contribution < 1.29 is 4.79 Å². The van der Waals surface area contributed by atoms with Crippen molar-refractivity contribution in [3.05, 3.63) is 41.6 Å². The molecule has 0 saturated heterocycles. The van der Waals surface area contributed by atoms with Crippen molar-refractivity contribution in [1.82, 2.24) is 10.3 Å². The predicted molar refractivity (Wildman–Crippen MR) is 104 cm³/mol. The number of rotatable bonds is 4. The number of benzene rings is 1. The highest BCUT2D eigenvalue weighted by molar-refractivity contribution is 5.96. The van der Waals surface area contributed by atoms with Gasteiger partial charge in [0.1, 0.15) is 5.69 Å². The molecule has 3 heteroatoms. The molecular weight excluding hydrogens is 320 g/mol. The van der Waals surface area contributed by atoms with Gasteiger partial charge in [0.05, 0.1) is 5.52 Å². The summed E-state index contributed by atoms with van der Waals surface area (Å²) in [5.41, 5.74) is 3.26. The summed E-state index contributed by atoms with van der Waals surface area (Å²) in [6.45, 7) is 2.79. The van der Waals surface area contributed by atoms with Crippen LogP contribution in [0.25, 0.3) is 10.9 Å². The van der Waals surface area contributed by atoms with Crippen LogP contribution in [0.15, 0.2) is 30.3 Å². The molecule has 2 aromatic rings.